The summed E-state index contributed by atoms with van der Waals surface area (Å²) in [4.78, 5) is 26.0. The van der Waals surface area contributed by atoms with E-state index in [0.717, 1.165) is 24.8 Å². The molecule has 1 aliphatic rings. The van der Waals surface area contributed by atoms with E-state index < -0.39 is 24.4 Å². The topological polar surface area (TPSA) is 125 Å². The molecule has 0 aliphatic heterocycles. The van der Waals surface area contributed by atoms with Crippen molar-refractivity contribution < 1.29 is 19.6 Å². The van der Waals surface area contributed by atoms with Gasteiger partial charge in [-0.05, 0) is 37.8 Å². The van der Waals surface area contributed by atoms with E-state index in [1.807, 2.05) is 30.3 Å². The summed E-state index contributed by atoms with van der Waals surface area (Å²) in [6.45, 7) is 0.746. The molecule has 1 aromatic rings. The van der Waals surface area contributed by atoms with Crippen LogP contribution in [-0.2, 0) is 16.1 Å². The molecule has 1 saturated carbocycles. The molecular formula is C19H30BN3O4. The molecule has 2 amide bonds. The first-order valence-electron chi connectivity index (χ1n) is 9.69. The number of nitrogens with one attached hydrogen (secondary N) is 2. The van der Waals surface area contributed by atoms with E-state index in [9.17, 15) is 19.6 Å². The fourth-order valence-corrected chi connectivity index (χ4v) is 3.60. The summed E-state index contributed by atoms with van der Waals surface area (Å²) < 4.78 is 0. The molecule has 27 heavy (non-hydrogen) atoms. The maximum Gasteiger partial charge on any atom is 0.475 e. The van der Waals surface area contributed by atoms with Gasteiger partial charge in [0.25, 0.3) is 0 Å². The summed E-state index contributed by atoms with van der Waals surface area (Å²) >= 11 is 0. The van der Waals surface area contributed by atoms with Crippen LogP contribution in [0.2, 0.25) is 0 Å². The SMILES string of the molecule is NCCC[C@H](NC(=O)C1(C(=O)NCc2ccccc2)CCCCC1)B(O)O. The molecule has 7 nitrogen and oxygen atoms in total. The molecule has 2 rings (SSSR count). The molecule has 1 aromatic carbocycles. The highest BCUT2D eigenvalue weighted by Crippen LogP contribution is 2.37. The monoisotopic (exact) mass is 375 g/mol. The van der Waals surface area contributed by atoms with Gasteiger partial charge in [0.1, 0.15) is 5.41 Å². The van der Waals surface area contributed by atoms with Crippen LogP contribution >= 0.6 is 0 Å². The zero-order valence-electron chi connectivity index (χ0n) is 15.7. The smallest absolute Gasteiger partial charge is 0.426 e. The Kier molecular flexibility index (Phi) is 8.28. The average molecular weight is 375 g/mol. The highest BCUT2D eigenvalue weighted by Gasteiger charge is 2.47. The number of rotatable bonds is 9. The van der Waals surface area contributed by atoms with Crippen molar-refractivity contribution in [1.29, 1.82) is 0 Å². The Morgan fingerprint density at radius 3 is 2.37 bits per heavy atom. The number of hydrogen-bond acceptors (Lipinski definition) is 5. The molecule has 0 aromatic heterocycles. The Balaban J connectivity index is 2.09. The zero-order chi connectivity index (χ0) is 19.7. The zero-order valence-corrected chi connectivity index (χ0v) is 15.7. The number of hydrogen-bond donors (Lipinski definition) is 5. The van der Waals surface area contributed by atoms with Gasteiger partial charge in [-0.1, -0.05) is 49.6 Å². The second kappa shape index (κ2) is 10.4. The number of nitrogens with two attached hydrogens (primary N) is 1. The summed E-state index contributed by atoms with van der Waals surface area (Å²) in [6, 6.07) is 9.53. The van der Waals surface area contributed by atoms with Crippen molar-refractivity contribution in [2.45, 2.75) is 57.4 Å². The van der Waals surface area contributed by atoms with E-state index in [1.54, 1.807) is 0 Å². The molecule has 1 aliphatic carbocycles. The molecule has 6 N–H and O–H groups in total. The third-order valence-electron chi connectivity index (χ3n) is 5.27. The summed E-state index contributed by atoms with van der Waals surface area (Å²) in [7, 11) is -1.69. The van der Waals surface area contributed by atoms with Gasteiger partial charge in [0.05, 0.1) is 5.94 Å². The summed E-state index contributed by atoms with van der Waals surface area (Å²) in [5, 5.41) is 24.7. The lowest BCUT2D eigenvalue weighted by Crippen LogP contribution is -2.57. The maximum atomic E-state index is 13.0. The molecule has 148 valence electrons. The second-order valence-corrected chi connectivity index (χ2v) is 7.24. The van der Waals surface area contributed by atoms with E-state index in [4.69, 9.17) is 5.73 Å². The minimum absolute atomic E-state index is 0.298. The van der Waals surface area contributed by atoms with Crippen LogP contribution in [0.5, 0.6) is 0 Å². The fraction of sp³-hybridized carbons (Fsp3) is 0.579. The maximum absolute atomic E-state index is 13.0. The highest BCUT2D eigenvalue weighted by molar-refractivity contribution is 6.43. The van der Waals surface area contributed by atoms with Crippen molar-refractivity contribution in [3.05, 3.63) is 35.9 Å². The van der Waals surface area contributed by atoms with Crippen LogP contribution in [0.25, 0.3) is 0 Å². The first-order valence-corrected chi connectivity index (χ1v) is 9.69. The number of benzene rings is 1. The summed E-state index contributed by atoms with van der Waals surface area (Å²) in [5.74, 6) is -1.56. The van der Waals surface area contributed by atoms with E-state index in [-0.39, 0.29) is 5.91 Å². The Morgan fingerprint density at radius 2 is 1.78 bits per heavy atom. The molecule has 1 atom stereocenters. The minimum Gasteiger partial charge on any atom is -0.426 e. The third kappa shape index (κ3) is 5.79. The van der Waals surface area contributed by atoms with Gasteiger partial charge in [0.2, 0.25) is 11.8 Å². The molecule has 0 heterocycles. The van der Waals surface area contributed by atoms with Crippen molar-refractivity contribution in [2.24, 2.45) is 11.1 Å². The standard InChI is InChI=1S/C19H30BN3O4/c21-13-7-10-16(20(26)27)23-18(25)19(11-5-2-6-12-19)17(24)22-14-15-8-3-1-4-9-15/h1,3-4,8-9,16,26-27H,2,5-7,10-14,21H2,(H,22,24)(H,23,25)/t16-/m0/s1. The van der Waals surface area contributed by atoms with Crippen LogP contribution < -0.4 is 16.4 Å². The van der Waals surface area contributed by atoms with E-state index in [1.165, 1.54) is 0 Å². The predicted octanol–water partition coefficient (Wildman–Crippen LogP) is 0.489. The van der Waals surface area contributed by atoms with Crippen LogP contribution in [0.3, 0.4) is 0 Å². The normalized spacial score (nSPS) is 17.0. The Hall–Kier alpha value is -1.90. The average Bonchev–Trinajstić information content (AvgIpc) is 2.70. The van der Waals surface area contributed by atoms with Crippen LogP contribution in [0.15, 0.2) is 30.3 Å². The van der Waals surface area contributed by atoms with E-state index >= 15 is 0 Å². The largest absolute Gasteiger partial charge is 0.475 e. The molecule has 8 heteroatoms. The molecule has 0 bridgehead atoms. The van der Waals surface area contributed by atoms with Gasteiger partial charge in [0.15, 0.2) is 0 Å². The van der Waals surface area contributed by atoms with Gasteiger partial charge in [-0.2, -0.15) is 0 Å². The predicted molar refractivity (Wildman–Crippen MR) is 104 cm³/mol. The van der Waals surface area contributed by atoms with Gasteiger partial charge in [-0.15, -0.1) is 0 Å². The van der Waals surface area contributed by atoms with Crippen molar-refractivity contribution in [3.63, 3.8) is 0 Å². The van der Waals surface area contributed by atoms with Gasteiger partial charge in [0, 0.05) is 6.54 Å². The highest BCUT2D eigenvalue weighted by atomic mass is 16.4. The van der Waals surface area contributed by atoms with E-state index in [2.05, 4.69) is 10.6 Å². The second-order valence-electron chi connectivity index (χ2n) is 7.24. The lowest BCUT2D eigenvalue weighted by atomic mass is 9.70. The Labute approximate surface area is 160 Å². The molecule has 1 fully saturated rings. The lowest BCUT2D eigenvalue weighted by molar-refractivity contribution is -0.146. The number of carbonyl (C=O) groups excluding carboxylic acids is 2. The first-order chi connectivity index (χ1) is 13.0. The molecular weight excluding hydrogens is 345 g/mol. The van der Waals surface area contributed by atoms with Gasteiger partial charge < -0.3 is 26.4 Å². The van der Waals surface area contributed by atoms with Gasteiger partial charge >= 0.3 is 7.12 Å². The van der Waals surface area contributed by atoms with Crippen LogP contribution in [0.4, 0.5) is 0 Å². The summed E-state index contributed by atoms with van der Waals surface area (Å²) in [6.07, 6.45) is 4.40. The summed E-state index contributed by atoms with van der Waals surface area (Å²) in [5.41, 5.74) is 5.28. The van der Waals surface area contributed by atoms with Crippen molar-refractivity contribution in [2.75, 3.05) is 6.54 Å². The van der Waals surface area contributed by atoms with Crippen molar-refractivity contribution >= 4 is 18.9 Å². The van der Waals surface area contributed by atoms with Crippen molar-refractivity contribution in [1.82, 2.24) is 10.6 Å². The van der Waals surface area contributed by atoms with Crippen LogP contribution in [-0.4, -0.2) is 41.5 Å². The molecule has 0 unspecified atom stereocenters. The third-order valence-corrected chi connectivity index (χ3v) is 5.27. The molecule has 0 saturated heterocycles. The van der Waals surface area contributed by atoms with Crippen LogP contribution in [0.1, 0.15) is 50.5 Å². The Bertz CT molecular complexity index is 606. The number of carbonyl (C=O) groups is 2. The lowest BCUT2D eigenvalue weighted by Gasteiger charge is -2.35. The molecule has 0 spiro atoms. The van der Waals surface area contributed by atoms with Crippen molar-refractivity contribution in [3.8, 4) is 0 Å². The number of amides is 2. The fourth-order valence-electron chi connectivity index (χ4n) is 3.60. The van der Waals surface area contributed by atoms with Gasteiger partial charge in [-0.25, -0.2) is 0 Å². The Morgan fingerprint density at radius 1 is 1.11 bits per heavy atom. The van der Waals surface area contributed by atoms with Gasteiger partial charge in [-0.3, -0.25) is 9.59 Å². The van der Waals surface area contributed by atoms with Crippen LogP contribution in [0, 0.1) is 5.41 Å². The minimum atomic E-state index is -1.69. The van der Waals surface area contributed by atoms with E-state index in [0.29, 0.717) is 38.8 Å². The molecule has 0 radical (unpaired) electrons. The quantitative estimate of drug-likeness (QED) is 0.317. The first kappa shape index (κ1) is 21.4.